The predicted octanol–water partition coefficient (Wildman–Crippen LogP) is 2.46. The molecule has 1 aromatic heterocycles. The van der Waals surface area contributed by atoms with E-state index in [0.29, 0.717) is 18.2 Å². The minimum Gasteiger partial charge on any atom is -0.484 e. The molecule has 0 fully saturated rings. The van der Waals surface area contributed by atoms with E-state index in [4.69, 9.17) is 4.74 Å². The van der Waals surface area contributed by atoms with Gasteiger partial charge in [0.1, 0.15) is 5.75 Å². The van der Waals surface area contributed by atoms with Gasteiger partial charge in [0.05, 0.1) is 11.0 Å². The number of hydrogen-bond donors (Lipinski definition) is 0. The zero-order valence-corrected chi connectivity index (χ0v) is 12.0. The number of anilines is 1. The van der Waals surface area contributed by atoms with Crippen LogP contribution in [0.15, 0.2) is 54.6 Å². The second kappa shape index (κ2) is 5.18. The molecule has 0 bridgehead atoms. The molecule has 1 aliphatic heterocycles. The lowest BCUT2D eigenvalue weighted by atomic mass is 10.3. The Balaban J connectivity index is 1.54. The Labute approximate surface area is 127 Å². The largest absolute Gasteiger partial charge is 0.484 e. The van der Waals surface area contributed by atoms with Gasteiger partial charge >= 0.3 is 0 Å². The van der Waals surface area contributed by atoms with Gasteiger partial charge in [-0.2, -0.15) is 0 Å². The van der Waals surface area contributed by atoms with E-state index in [0.717, 1.165) is 17.6 Å². The van der Waals surface area contributed by atoms with E-state index in [1.807, 2.05) is 54.6 Å². The van der Waals surface area contributed by atoms with Crippen molar-refractivity contribution in [3.8, 4) is 5.75 Å². The summed E-state index contributed by atoms with van der Waals surface area (Å²) in [6.07, 6.45) is 0. The highest BCUT2D eigenvalue weighted by Crippen LogP contribution is 2.27. The minimum absolute atomic E-state index is 0.0211. The molecular weight excluding hydrogens is 278 g/mol. The molecule has 1 amide bonds. The van der Waals surface area contributed by atoms with Crippen LogP contribution >= 0.6 is 0 Å². The number of hydrogen-bond acceptors (Lipinski definition) is 3. The molecule has 22 heavy (non-hydrogen) atoms. The van der Waals surface area contributed by atoms with Gasteiger partial charge < -0.3 is 9.30 Å². The van der Waals surface area contributed by atoms with Crippen molar-refractivity contribution in [3.05, 3.63) is 54.6 Å². The number of imidazole rings is 1. The number of ether oxygens (including phenoxy) is 1. The third-order valence-electron chi connectivity index (χ3n) is 3.83. The van der Waals surface area contributed by atoms with Crippen LogP contribution in [0.4, 0.5) is 5.95 Å². The molecule has 5 nitrogen and oxygen atoms in total. The molecule has 3 aromatic rings. The number of benzene rings is 2. The first kappa shape index (κ1) is 12.9. The van der Waals surface area contributed by atoms with Crippen LogP contribution in [0.2, 0.25) is 0 Å². The van der Waals surface area contributed by atoms with Crippen molar-refractivity contribution in [2.75, 3.05) is 18.1 Å². The summed E-state index contributed by atoms with van der Waals surface area (Å²) in [5, 5.41) is 0. The molecule has 2 heterocycles. The molecule has 4 rings (SSSR count). The zero-order chi connectivity index (χ0) is 14.9. The van der Waals surface area contributed by atoms with Crippen LogP contribution in [0.1, 0.15) is 0 Å². The summed E-state index contributed by atoms with van der Waals surface area (Å²) in [6, 6.07) is 17.3. The van der Waals surface area contributed by atoms with Crippen molar-refractivity contribution in [2.24, 2.45) is 0 Å². The summed E-state index contributed by atoms with van der Waals surface area (Å²) in [5.74, 6) is 1.34. The highest BCUT2D eigenvalue weighted by Gasteiger charge is 2.28. The summed E-state index contributed by atoms with van der Waals surface area (Å²) in [7, 11) is 0. The monoisotopic (exact) mass is 293 g/mol. The molecule has 110 valence electrons. The molecular formula is C17H15N3O2. The number of para-hydroxylation sites is 3. The van der Waals surface area contributed by atoms with Crippen LogP contribution in [0.3, 0.4) is 0 Å². The molecule has 0 atom stereocenters. The van der Waals surface area contributed by atoms with Crippen LogP contribution in [0.25, 0.3) is 11.0 Å². The van der Waals surface area contributed by atoms with Crippen LogP contribution in [-0.2, 0) is 11.3 Å². The molecule has 0 unspecified atom stereocenters. The topological polar surface area (TPSA) is 47.4 Å². The zero-order valence-electron chi connectivity index (χ0n) is 12.0. The standard InChI is InChI=1S/C17H15N3O2/c21-16(12-22-13-6-2-1-3-7-13)20-11-10-19-15-9-5-4-8-14(15)18-17(19)20/h1-9H,10-12H2. The van der Waals surface area contributed by atoms with Crippen molar-refractivity contribution in [3.63, 3.8) is 0 Å². The normalized spacial score (nSPS) is 13.4. The number of aromatic nitrogens is 2. The van der Waals surface area contributed by atoms with Gasteiger partial charge in [-0.25, -0.2) is 4.98 Å². The van der Waals surface area contributed by atoms with E-state index in [1.165, 1.54) is 0 Å². The van der Waals surface area contributed by atoms with Gasteiger partial charge in [0.15, 0.2) is 6.61 Å². The van der Waals surface area contributed by atoms with Crippen LogP contribution < -0.4 is 9.64 Å². The van der Waals surface area contributed by atoms with E-state index < -0.39 is 0 Å². The van der Waals surface area contributed by atoms with E-state index in [-0.39, 0.29) is 12.5 Å². The number of nitrogens with zero attached hydrogens (tertiary/aromatic N) is 3. The number of carbonyl (C=O) groups excluding carboxylic acids is 1. The smallest absolute Gasteiger partial charge is 0.267 e. The maximum Gasteiger partial charge on any atom is 0.267 e. The predicted molar refractivity (Wildman–Crippen MR) is 84.0 cm³/mol. The Bertz CT molecular complexity index is 826. The minimum atomic E-state index is -0.0714. The number of amides is 1. The Hall–Kier alpha value is -2.82. The summed E-state index contributed by atoms with van der Waals surface area (Å²) in [6.45, 7) is 1.43. The lowest BCUT2D eigenvalue weighted by Crippen LogP contribution is -2.33. The van der Waals surface area contributed by atoms with Gasteiger partial charge in [-0.1, -0.05) is 30.3 Å². The molecule has 0 radical (unpaired) electrons. The molecule has 2 aromatic carbocycles. The fourth-order valence-electron chi connectivity index (χ4n) is 2.77. The van der Waals surface area contributed by atoms with Gasteiger partial charge in [0.2, 0.25) is 5.95 Å². The first-order valence-corrected chi connectivity index (χ1v) is 7.26. The molecule has 0 saturated heterocycles. The maximum absolute atomic E-state index is 12.4. The first-order valence-electron chi connectivity index (χ1n) is 7.26. The molecule has 0 saturated carbocycles. The Morgan fingerprint density at radius 1 is 1.05 bits per heavy atom. The van der Waals surface area contributed by atoms with Crippen LogP contribution in [0.5, 0.6) is 5.75 Å². The second-order valence-corrected chi connectivity index (χ2v) is 5.20. The fraction of sp³-hybridized carbons (Fsp3) is 0.176. The average molecular weight is 293 g/mol. The summed E-state index contributed by atoms with van der Waals surface area (Å²) in [4.78, 5) is 18.7. The van der Waals surface area contributed by atoms with Crippen molar-refractivity contribution < 1.29 is 9.53 Å². The molecule has 0 N–H and O–H groups in total. The molecule has 0 spiro atoms. The van der Waals surface area contributed by atoms with Crippen molar-refractivity contribution in [2.45, 2.75) is 6.54 Å². The lowest BCUT2D eigenvalue weighted by Gasteiger charge is -2.14. The summed E-state index contributed by atoms with van der Waals surface area (Å²) >= 11 is 0. The number of rotatable bonds is 3. The molecule has 5 heteroatoms. The van der Waals surface area contributed by atoms with Gasteiger partial charge in [-0.15, -0.1) is 0 Å². The maximum atomic E-state index is 12.4. The quantitative estimate of drug-likeness (QED) is 0.745. The van der Waals surface area contributed by atoms with Crippen LogP contribution in [0, 0.1) is 0 Å². The lowest BCUT2D eigenvalue weighted by molar-refractivity contribution is -0.120. The summed E-state index contributed by atoms with van der Waals surface area (Å²) < 4.78 is 7.62. The number of carbonyl (C=O) groups is 1. The highest BCUT2D eigenvalue weighted by atomic mass is 16.5. The second-order valence-electron chi connectivity index (χ2n) is 5.20. The van der Waals surface area contributed by atoms with Crippen molar-refractivity contribution in [1.82, 2.24) is 9.55 Å². The van der Waals surface area contributed by atoms with E-state index in [1.54, 1.807) is 4.90 Å². The van der Waals surface area contributed by atoms with Gasteiger partial charge in [-0.3, -0.25) is 9.69 Å². The fourth-order valence-corrected chi connectivity index (χ4v) is 2.77. The van der Waals surface area contributed by atoms with Gasteiger partial charge in [0.25, 0.3) is 5.91 Å². The van der Waals surface area contributed by atoms with Crippen molar-refractivity contribution in [1.29, 1.82) is 0 Å². The highest BCUT2D eigenvalue weighted by molar-refractivity contribution is 5.95. The van der Waals surface area contributed by atoms with Crippen LogP contribution in [-0.4, -0.2) is 28.6 Å². The first-order chi connectivity index (χ1) is 10.8. The molecule has 0 aliphatic carbocycles. The molecule has 1 aliphatic rings. The third kappa shape index (κ3) is 2.11. The Morgan fingerprint density at radius 3 is 2.68 bits per heavy atom. The Kier molecular flexibility index (Phi) is 3.04. The third-order valence-corrected chi connectivity index (χ3v) is 3.83. The summed E-state index contributed by atoms with van der Waals surface area (Å²) in [5.41, 5.74) is 1.98. The van der Waals surface area contributed by atoms with E-state index in [2.05, 4.69) is 9.55 Å². The van der Waals surface area contributed by atoms with E-state index >= 15 is 0 Å². The van der Waals surface area contributed by atoms with Gasteiger partial charge in [-0.05, 0) is 24.3 Å². The van der Waals surface area contributed by atoms with Crippen molar-refractivity contribution >= 4 is 22.9 Å². The Morgan fingerprint density at radius 2 is 1.82 bits per heavy atom. The SMILES string of the molecule is O=C(COc1ccccc1)N1CCn2c1nc1ccccc12. The van der Waals surface area contributed by atoms with Gasteiger partial charge in [0, 0.05) is 13.1 Å². The average Bonchev–Trinajstić information content (AvgIpc) is 3.12. The number of fused-ring (bicyclic) bond motifs is 3. The van der Waals surface area contributed by atoms with E-state index in [9.17, 15) is 4.79 Å².